The van der Waals surface area contributed by atoms with Crippen molar-refractivity contribution in [1.29, 1.82) is 0 Å². The van der Waals surface area contributed by atoms with Crippen molar-refractivity contribution < 1.29 is 52.1 Å². The standard InChI is InChI=1S/2ClH.H2O4S.2Zn/c;;1-5(2,3)4;;/h2*1H;(H2,1,2,3,4);;/q;;;2*+2/p-4. The van der Waals surface area contributed by atoms with E-state index in [1.54, 1.807) is 0 Å². The monoisotopic (exact) mass is 294 g/mol. The number of rotatable bonds is 0. The van der Waals surface area contributed by atoms with Crippen LogP contribution in [0.4, 0.5) is 0 Å². The van der Waals surface area contributed by atoms with Gasteiger partial charge in [-0.2, -0.15) is 0 Å². The Morgan fingerprint density at radius 3 is 1.22 bits per heavy atom. The average Bonchev–Trinajstić information content (AvgIpc) is 1.27. The summed E-state index contributed by atoms with van der Waals surface area (Å²) >= 11 is -0.931. The zero-order chi connectivity index (χ0) is 7.21. The van der Waals surface area contributed by atoms with Gasteiger partial charge < -0.3 is 9.11 Å². The van der Waals surface area contributed by atoms with Gasteiger partial charge in [0.1, 0.15) is 0 Å². The molecule has 0 atom stereocenters. The molecule has 9 heteroatoms. The maximum atomic E-state index is 8.52. The van der Waals surface area contributed by atoms with Crippen LogP contribution < -0.4 is 0 Å². The van der Waals surface area contributed by atoms with Crippen molar-refractivity contribution in [2.24, 2.45) is 0 Å². The normalized spacial score (nSPS) is 7.56. The molecule has 48 valence electrons. The van der Waals surface area contributed by atoms with Crippen LogP contribution in [-0.4, -0.2) is 17.5 Å². The third-order valence-corrected chi connectivity index (χ3v) is 0. The maximum Gasteiger partial charge on any atom is 2.00 e. The van der Waals surface area contributed by atoms with E-state index in [1.807, 2.05) is 0 Å². The summed E-state index contributed by atoms with van der Waals surface area (Å²) in [5.41, 5.74) is 0. The molecule has 0 rings (SSSR count). The summed E-state index contributed by atoms with van der Waals surface area (Å²) in [5, 5.41) is 0. The van der Waals surface area contributed by atoms with Crippen molar-refractivity contribution in [3.8, 4) is 0 Å². The van der Waals surface area contributed by atoms with Crippen LogP contribution in [0.25, 0.3) is 0 Å². The van der Waals surface area contributed by atoms with Crippen LogP contribution in [0.3, 0.4) is 0 Å². The summed E-state index contributed by atoms with van der Waals surface area (Å²) in [7, 11) is 4.74. The van der Waals surface area contributed by atoms with Gasteiger partial charge in [-0.25, -0.2) is 0 Å². The van der Waals surface area contributed by atoms with Crippen LogP contribution in [-0.2, 0) is 45.0 Å². The first kappa shape index (κ1) is 17.0. The summed E-state index contributed by atoms with van der Waals surface area (Å²) in [4.78, 5) is 0. The van der Waals surface area contributed by atoms with Crippen LogP contribution in [0.5, 0.6) is 0 Å². The summed E-state index contributed by atoms with van der Waals surface area (Å²) in [6, 6.07) is 0. The largest absolute Gasteiger partial charge is 2.00 e. The first-order valence-corrected chi connectivity index (χ1v) is 10.3. The van der Waals surface area contributed by atoms with Crippen LogP contribution >= 0.6 is 19.4 Å². The van der Waals surface area contributed by atoms with Gasteiger partial charge in [-0.15, -0.1) is 0 Å². The van der Waals surface area contributed by atoms with E-state index < -0.39 is 25.5 Å². The molecular weight excluding hydrogens is 298 g/mol. The van der Waals surface area contributed by atoms with E-state index in [0.29, 0.717) is 0 Å². The van der Waals surface area contributed by atoms with Crippen molar-refractivity contribution in [1.82, 2.24) is 0 Å². The maximum absolute atomic E-state index is 8.52. The van der Waals surface area contributed by atoms with Gasteiger partial charge >= 0.3 is 54.0 Å². The Bertz CT molecular complexity index is 111. The molecule has 0 aromatic carbocycles. The van der Waals surface area contributed by atoms with Crippen molar-refractivity contribution in [3.63, 3.8) is 0 Å². The average molecular weight is 298 g/mol. The molecule has 9 heavy (non-hydrogen) atoms. The molecule has 0 heterocycles. The Kier molecular flexibility index (Phi) is 18.3. The van der Waals surface area contributed by atoms with Crippen LogP contribution in [0, 0.1) is 0 Å². The van der Waals surface area contributed by atoms with E-state index in [4.69, 9.17) is 36.9 Å². The first-order chi connectivity index (χ1) is 3.41. The second-order valence-corrected chi connectivity index (χ2v) is 5.95. The smallest absolute Gasteiger partial charge is 2.00 e. The van der Waals surface area contributed by atoms with E-state index in [-0.39, 0.29) is 19.5 Å². The Morgan fingerprint density at radius 1 is 1.22 bits per heavy atom. The molecule has 0 aromatic rings. The molecule has 0 aromatic heterocycles. The van der Waals surface area contributed by atoms with Gasteiger partial charge in [0.25, 0.3) is 0 Å². The minimum Gasteiger partial charge on any atom is 2.00 e. The zero-order valence-electron chi connectivity index (χ0n) is 4.21. The SMILES string of the molecule is O=S(=O)([O-])[O-].[Cl][Zn][Cl].[Zn+2]. The van der Waals surface area contributed by atoms with Crippen LogP contribution in [0.15, 0.2) is 0 Å². The zero-order valence-corrected chi connectivity index (χ0v) is 12.5. The van der Waals surface area contributed by atoms with Gasteiger partial charge in [0, 0.05) is 10.4 Å². The molecule has 4 nitrogen and oxygen atoms in total. The summed E-state index contributed by atoms with van der Waals surface area (Å²) < 4.78 is 34.1. The van der Waals surface area contributed by atoms with E-state index >= 15 is 0 Å². The van der Waals surface area contributed by atoms with Crippen molar-refractivity contribution in [3.05, 3.63) is 0 Å². The first-order valence-electron chi connectivity index (χ1n) is 1.20. The Morgan fingerprint density at radius 2 is 1.22 bits per heavy atom. The number of hydrogen-bond donors (Lipinski definition) is 0. The summed E-state index contributed by atoms with van der Waals surface area (Å²) in [6.45, 7) is 0. The number of hydrogen-bond acceptors (Lipinski definition) is 4. The third kappa shape index (κ3) is 200. The molecule has 0 aliphatic rings. The number of halogens is 2. The fourth-order valence-corrected chi connectivity index (χ4v) is 0. The Labute approximate surface area is 81.3 Å². The topological polar surface area (TPSA) is 80.3 Å². The summed E-state index contributed by atoms with van der Waals surface area (Å²) in [6.07, 6.45) is 0. The Hall–Kier alpha value is 1.70. The van der Waals surface area contributed by atoms with E-state index in [1.165, 1.54) is 0 Å². The van der Waals surface area contributed by atoms with Gasteiger partial charge in [-0.05, 0) is 0 Å². The minimum atomic E-state index is -5.17. The quantitative estimate of drug-likeness (QED) is 0.359. The minimum absolute atomic E-state index is 0. The molecule has 0 aliphatic carbocycles. The van der Waals surface area contributed by atoms with E-state index in [0.717, 1.165) is 0 Å². The van der Waals surface area contributed by atoms with Crippen molar-refractivity contribution in [2.45, 2.75) is 0 Å². The molecule has 0 radical (unpaired) electrons. The molecule has 0 bridgehead atoms. The molecular formula is Cl2O4SZn2. The summed E-state index contributed by atoms with van der Waals surface area (Å²) in [5.74, 6) is 0. The molecule has 0 saturated carbocycles. The fourth-order valence-electron chi connectivity index (χ4n) is 0. The predicted molar refractivity (Wildman–Crippen MR) is 22.2 cm³/mol. The predicted octanol–water partition coefficient (Wildman–Crippen LogP) is 0.0360. The molecule has 0 fully saturated rings. The Balaban J connectivity index is -0.0000000800. The molecule has 0 spiro atoms. The van der Waals surface area contributed by atoms with Gasteiger partial charge in [-0.1, -0.05) is 0 Å². The van der Waals surface area contributed by atoms with Gasteiger partial charge in [0.05, 0.1) is 0 Å². The van der Waals surface area contributed by atoms with E-state index in [9.17, 15) is 0 Å². The van der Waals surface area contributed by atoms with Crippen molar-refractivity contribution in [2.75, 3.05) is 0 Å². The molecule has 0 aliphatic heterocycles. The molecule has 0 amide bonds. The molecule has 0 saturated heterocycles. The molecule has 0 unspecified atom stereocenters. The van der Waals surface area contributed by atoms with E-state index in [2.05, 4.69) is 0 Å². The third-order valence-electron chi connectivity index (χ3n) is 0. The second kappa shape index (κ2) is 9.70. The van der Waals surface area contributed by atoms with Gasteiger partial charge in [0.15, 0.2) is 0 Å². The van der Waals surface area contributed by atoms with Gasteiger partial charge in [0.2, 0.25) is 0 Å². The fraction of sp³-hybridized carbons (Fsp3) is 0. The molecule has 0 N–H and O–H groups in total. The second-order valence-electron chi connectivity index (χ2n) is 0.509. The van der Waals surface area contributed by atoms with Crippen LogP contribution in [0.1, 0.15) is 0 Å². The van der Waals surface area contributed by atoms with Gasteiger partial charge in [-0.3, -0.25) is 8.42 Å². The van der Waals surface area contributed by atoms with Crippen molar-refractivity contribution >= 4 is 29.8 Å². The van der Waals surface area contributed by atoms with Crippen LogP contribution in [0.2, 0.25) is 0 Å².